The Kier molecular flexibility index (Phi) is 5.95. The Labute approximate surface area is 143 Å². The van der Waals surface area contributed by atoms with Crippen LogP contribution >= 0.6 is 43.6 Å². The molecule has 1 aliphatic rings. The van der Waals surface area contributed by atoms with E-state index in [0.717, 1.165) is 12.2 Å². The minimum absolute atomic E-state index is 0.0293. The second-order valence-electron chi connectivity index (χ2n) is 4.59. The summed E-state index contributed by atoms with van der Waals surface area (Å²) in [5.41, 5.74) is 0.281. The zero-order valence-electron chi connectivity index (χ0n) is 11.0. The van der Waals surface area contributed by atoms with E-state index in [1.165, 1.54) is 12.5 Å². The van der Waals surface area contributed by atoms with Gasteiger partial charge in [-0.1, -0.05) is 15.9 Å². The average molecular weight is 438 g/mol. The number of hydrogen-bond donors (Lipinski definition) is 3. The first kappa shape index (κ1) is 16.6. The van der Waals surface area contributed by atoms with Crippen LogP contribution in [0.2, 0.25) is 0 Å². The molecule has 0 spiro atoms. The van der Waals surface area contributed by atoms with Crippen molar-refractivity contribution in [3.8, 4) is 0 Å². The van der Waals surface area contributed by atoms with Crippen LogP contribution in [0.15, 0.2) is 21.1 Å². The maximum absolute atomic E-state index is 11.9. The third-order valence-electron chi connectivity index (χ3n) is 3.04. The highest BCUT2D eigenvalue weighted by Crippen LogP contribution is 2.31. The number of amides is 2. The molecule has 1 aromatic rings. The van der Waals surface area contributed by atoms with E-state index in [1.54, 1.807) is 6.07 Å². The standard InChI is InChI=1S/C13H14Br2N2O3S/c14-7-4-9(12(18)19)11(10(15)5-7)17-13(20)16-6-8-2-1-3-21-8/h4-5,8H,1-3,6H2,(H,18,19)(H2,16,17,20). The molecule has 0 aromatic heterocycles. The lowest BCUT2D eigenvalue weighted by atomic mass is 10.2. The van der Waals surface area contributed by atoms with Gasteiger partial charge in [0.15, 0.2) is 0 Å². The molecule has 114 valence electrons. The van der Waals surface area contributed by atoms with Crippen LogP contribution in [-0.4, -0.2) is 34.7 Å². The number of halogens is 2. The number of nitrogens with one attached hydrogen (secondary N) is 2. The van der Waals surface area contributed by atoms with Crippen molar-refractivity contribution < 1.29 is 14.7 Å². The number of carbonyl (C=O) groups is 2. The molecule has 3 N–H and O–H groups in total. The minimum Gasteiger partial charge on any atom is -0.478 e. The largest absolute Gasteiger partial charge is 0.478 e. The molecule has 2 amide bonds. The van der Waals surface area contributed by atoms with Crippen LogP contribution in [0, 0.1) is 0 Å². The van der Waals surface area contributed by atoms with Gasteiger partial charge >= 0.3 is 12.0 Å². The van der Waals surface area contributed by atoms with E-state index >= 15 is 0 Å². The van der Waals surface area contributed by atoms with E-state index in [9.17, 15) is 14.7 Å². The Morgan fingerprint density at radius 2 is 2.14 bits per heavy atom. The molecule has 1 aliphatic heterocycles. The molecule has 1 atom stereocenters. The number of carboxylic acids is 1. The molecule has 1 heterocycles. The number of carboxylic acid groups (broad SMARTS) is 1. The minimum atomic E-state index is -1.10. The van der Waals surface area contributed by atoms with Gasteiger partial charge < -0.3 is 15.7 Å². The Hall–Kier alpha value is -0.730. The summed E-state index contributed by atoms with van der Waals surface area (Å²) in [6.07, 6.45) is 2.29. The molecule has 1 unspecified atom stereocenters. The van der Waals surface area contributed by atoms with Crippen LogP contribution in [0.25, 0.3) is 0 Å². The van der Waals surface area contributed by atoms with Gasteiger partial charge in [0.05, 0.1) is 11.3 Å². The van der Waals surface area contributed by atoms with Gasteiger partial charge in [-0.05, 0) is 46.7 Å². The fourth-order valence-corrected chi connectivity index (χ4v) is 4.56. The summed E-state index contributed by atoms with van der Waals surface area (Å²) in [5.74, 6) is 0.0358. The van der Waals surface area contributed by atoms with Gasteiger partial charge in [-0.3, -0.25) is 0 Å². The topological polar surface area (TPSA) is 78.4 Å². The fraction of sp³-hybridized carbons (Fsp3) is 0.385. The SMILES string of the molecule is O=C(NCC1CCCS1)Nc1c(Br)cc(Br)cc1C(=O)O. The van der Waals surface area contributed by atoms with Gasteiger partial charge in [-0.15, -0.1) is 0 Å². The van der Waals surface area contributed by atoms with E-state index in [4.69, 9.17) is 0 Å². The molecular weight excluding hydrogens is 424 g/mol. The molecule has 8 heteroatoms. The lowest BCUT2D eigenvalue weighted by Gasteiger charge is -2.14. The summed E-state index contributed by atoms with van der Waals surface area (Å²) in [4.78, 5) is 23.2. The van der Waals surface area contributed by atoms with Gasteiger partial charge in [0.25, 0.3) is 0 Å². The highest BCUT2D eigenvalue weighted by atomic mass is 79.9. The number of thioether (sulfide) groups is 1. The van der Waals surface area contributed by atoms with E-state index in [1.807, 2.05) is 11.8 Å². The number of carbonyl (C=O) groups excluding carboxylic acids is 1. The second-order valence-corrected chi connectivity index (χ2v) is 7.76. The molecule has 21 heavy (non-hydrogen) atoms. The molecule has 5 nitrogen and oxygen atoms in total. The number of urea groups is 1. The highest BCUT2D eigenvalue weighted by Gasteiger charge is 2.19. The van der Waals surface area contributed by atoms with Crippen molar-refractivity contribution in [2.24, 2.45) is 0 Å². The van der Waals surface area contributed by atoms with Gasteiger partial charge in [0.2, 0.25) is 0 Å². The van der Waals surface area contributed by atoms with Gasteiger partial charge in [0.1, 0.15) is 0 Å². The van der Waals surface area contributed by atoms with Crippen LogP contribution in [0.1, 0.15) is 23.2 Å². The molecule has 0 bridgehead atoms. The number of anilines is 1. The van der Waals surface area contributed by atoms with Crippen LogP contribution in [0.3, 0.4) is 0 Å². The van der Waals surface area contributed by atoms with Crippen molar-refractivity contribution in [1.29, 1.82) is 0 Å². The maximum Gasteiger partial charge on any atom is 0.337 e. The molecule has 2 rings (SSSR count). The number of aromatic carboxylic acids is 1. The fourth-order valence-electron chi connectivity index (χ4n) is 2.04. The third-order valence-corrected chi connectivity index (χ3v) is 5.52. The van der Waals surface area contributed by atoms with Crippen LogP contribution < -0.4 is 10.6 Å². The molecular formula is C13H14Br2N2O3S. The van der Waals surface area contributed by atoms with Crippen molar-refractivity contribution in [2.45, 2.75) is 18.1 Å². The van der Waals surface area contributed by atoms with E-state index in [2.05, 4.69) is 42.5 Å². The lowest BCUT2D eigenvalue weighted by Crippen LogP contribution is -2.34. The predicted molar refractivity (Wildman–Crippen MR) is 91.3 cm³/mol. The molecule has 0 saturated carbocycles. The molecule has 1 fully saturated rings. The van der Waals surface area contributed by atoms with Crippen LogP contribution in [0.4, 0.5) is 10.5 Å². The summed E-state index contributed by atoms with van der Waals surface area (Å²) in [6.45, 7) is 0.590. The van der Waals surface area contributed by atoms with E-state index in [0.29, 0.717) is 20.7 Å². The summed E-state index contributed by atoms with van der Waals surface area (Å²) < 4.78 is 1.14. The first-order chi connectivity index (χ1) is 9.97. The van der Waals surface area contributed by atoms with Gasteiger partial charge in [-0.25, -0.2) is 9.59 Å². The zero-order valence-corrected chi connectivity index (χ0v) is 15.0. The first-order valence-corrected chi connectivity index (χ1v) is 8.99. The van der Waals surface area contributed by atoms with Gasteiger partial charge in [0, 0.05) is 20.7 Å². The summed E-state index contributed by atoms with van der Waals surface area (Å²) >= 11 is 8.36. The van der Waals surface area contributed by atoms with E-state index in [-0.39, 0.29) is 11.3 Å². The summed E-state index contributed by atoms with van der Waals surface area (Å²) in [6, 6.07) is 2.75. The van der Waals surface area contributed by atoms with Crippen LogP contribution in [0.5, 0.6) is 0 Å². The second kappa shape index (κ2) is 7.51. The van der Waals surface area contributed by atoms with Crippen LogP contribution in [-0.2, 0) is 0 Å². The molecule has 0 aliphatic carbocycles. The number of hydrogen-bond acceptors (Lipinski definition) is 3. The van der Waals surface area contributed by atoms with E-state index < -0.39 is 12.0 Å². The monoisotopic (exact) mass is 436 g/mol. The Balaban J connectivity index is 2.04. The van der Waals surface area contributed by atoms with Crippen molar-refractivity contribution in [3.63, 3.8) is 0 Å². The smallest absolute Gasteiger partial charge is 0.337 e. The summed E-state index contributed by atoms with van der Waals surface area (Å²) in [5, 5.41) is 15.0. The molecule has 1 aromatic carbocycles. The predicted octanol–water partition coefficient (Wildman–Crippen LogP) is 3.93. The number of benzene rings is 1. The number of rotatable bonds is 4. The average Bonchev–Trinajstić information content (AvgIpc) is 2.92. The maximum atomic E-state index is 11.9. The van der Waals surface area contributed by atoms with Crippen molar-refractivity contribution in [3.05, 3.63) is 26.6 Å². The van der Waals surface area contributed by atoms with Crippen molar-refractivity contribution >= 4 is 61.3 Å². The quantitative estimate of drug-likeness (QED) is 0.666. The van der Waals surface area contributed by atoms with Crippen molar-refractivity contribution in [2.75, 3.05) is 17.6 Å². The first-order valence-electron chi connectivity index (χ1n) is 6.36. The lowest BCUT2D eigenvalue weighted by molar-refractivity contribution is 0.0698. The summed E-state index contributed by atoms with van der Waals surface area (Å²) in [7, 11) is 0. The Morgan fingerprint density at radius 3 is 2.76 bits per heavy atom. The zero-order chi connectivity index (χ0) is 15.4. The Morgan fingerprint density at radius 1 is 1.38 bits per heavy atom. The normalized spacial score (nSPS) is 17.5. The molecule has 0 radical (unpaired) electrons. The Bertz CT molecular complexity index is 563. The van der Waals surface area contributed by atoms with Crippen molar-refractivity contribution in [1.82, 2.24) is 5.32 Å². The molecule has 1 saturated heterocycles. The highest BCUT2D eigenvalue weighted by molar-refractivity contribution is 9.11. The van der Waals surface area contributed by atoms with Gasteiger partial charge in [-0.2, -0.15) is 11.8 Å². The third kappa shape index (κ3) is 4.62.